The summed E-state index contributed by atoms with van der Waals surface area (Å²) in [5.41, 5.74) is 10.1. The van der Waals surface area contributed by atoms with E-state index in [0.717, 1.165) is 44.9 Å². The van der Waals surface area contributed by atoms with E-state index in [2.05, 4.69) is 128 Å². The van der Waals surface area contributed by atoms with E-state index >= 15 is 0 Å². The summed E-state index contributed by atoms with van der Waals surface area (Å²) in [5.74, 6) is 1.38. The number of hydrogen-bond donors (Lipinski definition) is 0. The van der Waals surface area contributed by atoms with Crippen LogP contribution in [-0.4, -0.2) is 0 Å². The van der Waals surface area contributed by atoms with Gasteiger partial charge in [0.25, 0.3) is 0 Å². The zero-order valence-electron chi connectivity index (χ0n) is 24.3. The molecule has 0 heteroatoms. The topological polar surface area (TPSA) is 0 Å². The number of rotatable bonds is 4. The van der Waals surface area contributed by atoms with E-state index in [4.69, 9.17) is 0 Å². The van der Waals surface area contributed by atoms with Crippen LogP contribution in [0.1, 0.15) is 56.1 Å². The average molecular weight is 543 g/mol. The Morgan fingerprint density at radius 1 is 0.571 bits per heavy atom. The van der Waals surface area contributed by atoms with Gasteiger partial charge in [0, 0.05) is 17.8 Å². The van der Waals surface area contributed by atoms with Crippen molar-refractivity contribution < 1.29 is 0 Å². The van der Waals surface area contributed by atoms with Crippen molar-refractivity contribution in [3.8, 4) is 0 Å². The van der Waals surface area contributed by atoms with Crippen LogP contribution in [0.2, 0.25) is 0 Å². The fourth-order valence-electron chi connectivity index (χ4n) is 7.82. The number of fused-ring (bicyclic) bond motifs is 3. The van der Waals surface area contributed by atoms with Crippen LogP contribution < -0.4 is 10.4 Å². The molecule has 0 spiro atoms. The molecule has 6 aliphatic carbocycles. The molecular weight excluding hydrogens is 504 g/mol. The second kappa shape index (κ2) is 10.9. The quantitative estimate of drug-likeness (QED) is 0.361. The zero-order valence-corrected chi connectivity index (χ0v) is 24.3. The lowest BCUT2D eigenvalue weighted by atomic mass is 9.75. The highest BCUT2D eigenvalue weighted by Gasteiger charge is 2.26. The molecule has 0 radical (unpaired) electrons. The van der Waals surface area contributed by atoms with Crippen LogP contribution in [0.25, 0.3) is 34.1 Å². The molecule has 0 aromatic heterocycles. The molecular formula is C42H38. The Morgan fingerprint density at radius 2 is 1.33 bits per heavy atom. The first kappa shape index (κ1) is 25.5. The highest BCUT2D eigenvalue weighted by atomic mass is 14.3. The summed E-state index contributed by atoms with van der Waals surface area (Å²) < 4.78 is 0. The summed E-state index contributed by atoms with van der Waals surface area (Å²) in [4.78, 5) is 0. The van der Waals surface area contributed by atoms with Gasteiger partial charge in [-0.15, -0.1) is 0 Å². The van der Waals surface area contributed by atoms with Crippen LogP contribution >= 0.6 is 0 Å². The standard InChI is InChI=1S/C42H38/c1-3-13-29(14-4-1)34-26-35(30-15-5-2-6-16-30)28-36(27-34)42-39-21-11-9-19-37(39)41(38-20-10-12-22-40(38)42)33-24-23-31-17-7-8-18-32(31)25-33/h1,3-5,7-9,11,13,15-16,18-27,29,31,35H,2,6,10,12,14,17,28H2. The maximum Gasteiger partial charge on any atom is 0.00613 e. The molecule has 42 heavy (non-hydrogen) atoms. The number of hydrogen-bond acceptors (Lipinski definition) is 0. The van der Waals surface area contributed by atoms with E-state index in [9.17, 15) is 0 Å². The summed E-state index contributed by atoms with van der Waals surface area (Å²) in [6.07, 6.45) is 48.5. The Morgan fingerprint density at radius 3 is 2.12 bits per heavy atom. The van der Waals surface area contributed by atoms with Gasteiger partial charge in [-0.2, -0.15) is 0 Å². The molecule has 0 N–H and O–H groups in total. The molecule has 3 unspecified atom stereocenters. The average Bonchev–Trinajstić information content (AvgIpc) is 3.07. The van der Waals surface area contributed by atoms with E-state index in [1.54, 1.807) is 0 Å². The van der Waals surface area contributed by atoms with Gasteiger partial charge in [0.1, 0.15) is 0 Å². The highest BCUT2D eigenvalue weighted by molar-refractivity contribution is 6.03. The maximum atomic E-state index is 2.58. The minimum Gasteiger partial charge on any atom is -0.0839 e. The smallest absolute Gasteiger partial charge is 0.00613 e. The molecule has 3 atom stereocenters. The van der Waals surface area contributed by atoms with Crippen LogP contribution in [0.4, 0.5) is 0 Å². The molecule has 206 valence electrons. The molecule has 8 rings (SSSR count). The van der Waals surface area contributed by atoms with Crippen molar-refractivity contribution in [2.45, 2.75) is 44.9 Å². The monoisotopic (exact) mass is 542 g/mol. The fraction of sp³-hybridized carbons (Fsp3) is 0.238. The van der Waals surface area contributed by atoms with Crippen molar-refractivity contribution in [3.05, 3.63) is 154 Å². The summed E-state index contributed by atoms with van der Waals surface area (Å²) in [7, 11) is 0. The Kier molecular flexibility index (Phi) is 6.64. The van der Waals surface area contributed by atoms with Crippen molar-refractivity contribution >= 4 is 34.1 Å². The first-order valence-electron chi connectivity index (χ1n) is 16.0. The molecule has 2 aromatic rings. The predicted molar refractivity (Wildman–Crippen MR) is 181 cm³/mol. The molecule has 0 saturated heterocycles. The van der Waals surface area contributed by atoms with Crippen molar-refractivity contribution in [1.29, 1.82) is 0 Å². The normalized spacial score (nSPS) is 25.8. The lowest BCUT2D eigenvalue weighted by molar-refractivity contribution is 0.722. The van der Waals surface area contributed by atoms with Crippen LogP contribution in [0, 0.1) is 17.8 Å². The van der Waals surface area contributed by atoms with Gasteiger partial charge < -0.3 is 0 Å². The molecule has 0 saturated carbocycles. The van der Waals surface area contributed by atoms with Crippen molar-refractivity contribution in [2.24, 2.45) is 17.8 Å². The molecule has 2 aromatic carbocycles. The first-order valence-corrected chi connectivity index (χ1v) is 16.0. The molecule has 0 amide bonds. The van der Waals surface area contributed by atoms with E-state index in [-0.39, 0.29) is 0 Å². The molecule has 0 aliphatic heterocycles. The van der Waals surface area contributed by atoms with Gasteiger partial charge in [0.2, 0.25) is 0 Å². The Hall–Kier alpha value is -4.16. The van der Waals surface area contributed by atoms with Gasteiger partial charge in [-0.3, -0.25) is 0 Å². The summed E-state index contributed by atoms with van der Waals surface area (Å²) in [6.45, 7) is 0. The van der Waals surface area contributed by atoms with Crippen LogP contribution in [0.15, 0.2) is 132 Å². The van der Waals surface area contributed by atoms with Gasteiger partial charge in [0.15, 0.2) is 0 Å². The van der Waals surface area contributed by atoms with Crippen LogP contribution in [0.5, 0.6) is 0 Å². The van der Waals surface area contributed by atoms with Crippen molar-refractivity contribution in [3.63, 3.8) is 0 Å². The third kappa shape index (κ3) is 4.54. The first-order chi connectivity index (χ1) is 20.8. The molecule has 0 nitrogen and oxygen atoms in total. The highest BCUT2D eigenvalue weighted by Crippen LogP contribution is 2.41. The number of benzene rings is 2. The second-order valence-corrected chi connectivity index (χ2v) is 12.5. The molecule has 0 heterocycles. The predicted octanol–water partition coefficient (Wildman–Crippen LogP) is 9.39. The van der Waals surface area contributed by atoms with Gasteiger partial charge in [0.05, 0.1) is 0 Å². The van der Waals surface area contributed by atoms with E-state index in [0.29, 0.717) is 17.8 Å². The lowest BCUT2D eigenvalue weighted by Crippen LogP contribution is -2.34. The van der Waals surface area contributed by atoms with E-state index in [1.807, 2.05) is 0 Å². The Balaban J connectivity index is 1.35. The van der Waals surface area contributed by atoms with Crippen molar-refractivity contribution in [2.75, 3.05) is 0 Å². The second-order valence-electron chi connectivity index (χ2n) is 12.5. The fourth-order valence-corrected chi connectivity index (χ4v) is 7.82. The van der Waals surface area contributed by atoms with Crippen molar-refractivity contribution in [1.82, 2.24) is 0 Å². The van der Waals surface area contributed by atoms with E-state index < -0.39 is 0 Å². The summed E-state index contributed by atoms with van der Waals surface area (Å²) in [5, 5.41) is 5.65. The molecule has 0 fully saturated rings. The van der Waals surface area contributed by atoms with Gasteiger partial charge in [-0.1, -0.05) is 128 Å². The minimum absolute atomic E-state index is 0.421. The van der Waals surface area contributed by atoms with E-state index in [1.165, 1.54) is 60.2 Å². The van der Waals surface area contributed by atoms with Gasteiger partial charge in [-0.25, -0.2) is 0 Å². The summed E-state index contributed by atoms with van der Waals surface area (Å²) >= 11 is 0. The molecule has 6 aliphatic rings. The Labute approximate surface area is 249 Å². The van der Waals surface area contributed by atoms with Gasteiger partial charge in [-0.05, 0) is 105 Å². The maximum absolute atomic E-state index is 2.58. The number of allylic oxidation sites excluding steroid dienone is 20. The lowest BCUT2D eigenvalue weighted by Gasteiger charge is -2.29. The molecule has 0 bridgehead atoms. The third-order valence-corrected chi connectivity index (χ3v) is 9.88. The zero-order chi connectivity index (χ0) is 27.9. The Bertz CT molecular complexity index is 1900. The minimum atomic E-state index is 0.421. The largest absolute Gasteiger partial charge is 0.0839 e. The van der Waals surface area contributed by atoms with Gasteiger partial charge >= 0.3 is 0 Å². The third-order valence-electron chi connectivity index (χ3n) is 9.88. The SMILES string of the molecule is C1=CCC2C=CC(c3c4c(c(C5=CC(C6C=CC=CC6)=CC(C6=CCCC=C6)C5)c5ccccc35)=CCCC=4)=CC2=C1. The van der Waals surface area contributed by atoms with Crippen LogP contribution in [0.3, 0.4) is 0 Å². The van der Waals surface area contributed by atoms with Crippen LogP contribution in [-0.2, 0) is 0 Å². The summed E-state index contributed by atoms with van der Waals surface area (Å²) in [6, 6.07) is 9.22.